The SMILES string of the molecule is CCC(C)CC#C[Si](C)C. The lowest BCUT2D eigenvalue weighted by molar-refractivity contribution is 0.581. The molecule has 0 aliphatic heterocycles. The van der Waals surface area contributed by atoms with Crippen molar-refractivity contribution in [2.45, 2.75) is 39.8 Å². The Kier molecular flexibility index (Phi) is 5.43. The maximum absolute atomic E-state index is 3.26. The van der Waals surface area contributed by atoms with Gasteiger partial charge in [-0.1, -0.05) is 33.4 Å². The summed E-state index contributed by atoms with van der Waals surface area (Å²) in [5, 5.41) is 0. The van der Waals surface area contributed by atoms with Crippen molar-refractivity contribution in [3.05, 3.63) is 0 Å². The fraction of sp³-hybridized carbons (Fsp3) is 0.778. The van der Waals surface area contributed by atoms with Gasteiger partial charge in [0.05, 0.1) is 0 Å². The predicted molar refractivity (Wildman–Crippen MR) is 49.3 cm³/mol. The predicted octanol–water partition coefficient (Wildman–Crippen LogP) is 2.72. The molecule has 1 atom stereocenters. The first-order valence-electron chi connectivity index (χ1n) is 3.95. The van der Waals surface area contributed by atoms with Crippen molar-refractivity contribution in [1.29, 1.82) is 0 Å². The van der Waals surface area contributed by atoms with E-state index in [4.69, 9.17) is 0 Å². The van der Waals surface area contributed by atoms with Crippen molar-refractivity contribution in [3.8, 4) is 11.5 Å². The lowest BCUT2D eigenvalue weighted by Crippen LogP contribution is -1.95. The molecule has 0 aromatic rings. The molecule has 0 rings (SSSR count). The summed E-state index contributed by atoms with van der Waals surface area (Å²) in [4.78, 5) is 0. The fourth-order valence-corrected chi connectivity index (χ4v) is 1.00. The Labute approximate surface area is 66.6 Å². The molecule has 57 valence electrons. The molecular weight excluding hydrogens is 136 g/mol. The van der Waals surface area contributed by atoms with Crippen molar-refractivity contribution < 1.29 is 0 Å². The average Bonchev–Trinajstić information content (AvgIpc) is 1.87. The first-order chi connectivity index (χ1) is 4.66. The van der Waals surface area contributed by atoms with Crippen LogP contribution in [0.15, 0.2) is 0 Å². The Hall–Kier alpha value is -0.223. The fourth-order valence-electron chi connectivity index (χ4n) is 0.546. The molecule has 1 unspecified atom stereocenters. The first kappa shape index (κ1) is 9.78. The topological polar surface area (TPSA) is 0 Å². The molecule has 10 heavy (non-hydrogen) atoms. The van der Waals surface area contributed by atoms with Gasteiger partial charge in [-0.05, 0) is 5.92 Å². The summed E-state index contributed by atoms with van der Waals surface area (Å²) in [6.07, 6.45) is 2.34. The van der Waals surface area contributed by atoms with Gasteiger partial charge in [0, 0.05) is 6.42 Å². The molecule has 0 aromatic carbocycles. The van der Waals surface area contributed by atoms with Gasteiger partial charge in [-0.15, -0.1) is 11.5 Å². The number of rotatable bonds is 2. The smallest absolute Gasteiger partial charge is 0.134 e. The van der Waals surface area contributed by atoms with E-state index in [9.17, 15) is 0 Å². The minimum atomic E-state index is -0.299. The summed E-state index contributed by atoms with van der Waals surface area (Å²) in [7, 11) is -0.299. The second-order valence-electron chi connectivity index (χ2n) is 3.02. The minimum Gasteiger partial charge on any atom is -0.134 e. The molecule has 1 heteroatoms. The Morgan fingerprint density at radius 3 is 2.40 bits per heavy atom. The standard InChI is InChI=1S/C9H17Si/c1-5-9(2)7-6-8-10(3)4/h9H,5,7H2,1-4H3. The van der Waals surface area contributed by atoms with E-state index in [1.165, 1.54) is 6.42 Å². The Bertz CT molecular complexity index is 127. The maximum Gasteiger partial charge on any atom is 0.138 e. The highest BCUT2D eigenvalue weighted by atomic mass is 28.3. The summed E-state index contributed by atoms with van der Waals surface area (Å²) in [6.45, 7) is 8.94. The Morgan fingerprint density at radius 1 is 1.40 bits per heavy atom. The molecule has 0 aliphatic rings. The first-order valence-corrected chi connectivity index (χ1v) is 6.45. The highest BCUT2D eigenvalue weighted by Gasteiger charge is 1.93. The monoisotopic (exact) mass is 153 g/mol. The van der Waals surface area contributed by atoms with Gasteiger partial charge in [0.2, 0.25) is 0 Å². The molecule has 0 amide bonds. The molecule has 0 saturated heterocycles. The van der Waals surface area contributed by atoms with Gasteiger partial charge in [0.1, 0.15) is 8.80 Å². The molecule has 0 fully saturated rings. The highest BCUT2D eigenvalue weighted by Crippen LogP contribution is 2.03. The Morgan fingerprint density at radius 2 is 2.00 bits per heavy atom. The van der Waals surface area contributed by atoms with Gasteiger partial charge in [-0.25, -0.2) is 0 Å². The highest BCUT2D eigenvalue weighted by molar-refractivity contribution is 6.64. The maximum atomic E-state index is 3.26. The van der Waals surface area contributed by atoms with Crippen LogP contribution in [0, 0.1) is 17.4 Å². The van der Waals surface area contributed by atoms with Crippen LogP contribution in [0.3, 0.4) is 0 Å². The minimum absolute atomic E-state index is 0.299. The summed E-state index contributed by atoms with van der Waals surface area (Å²) in [5.74, 6) is 4.02. The van der Waals surface area contributed by atoms with Crippen LogP contribution >= 0.6 is 0 Å². The number of hydrogen-bond acceptors (Lipinski definition) is 0. The van der Waals surface area contributed by atoms with Crippen LogP contribution in [0.5, 0.6) is 0 Å². The van der Waals surface area contributed by atoms with E-state index in [-0.39, 0.29) is 8.80 Å². The van der Waals surface area contributed by atoms with Gasteiger partial charge in [0.25, 0.3) is 0 Å². The van der Waals surface area contributed by atoms with Crippen LogP contribution in [0.1, 0.15) is 26.7 Å². The largest absolute Gasteiger partial charge is 0.138 e. The van der Waals surface area contributed by atoms with Crippen LogP contribution in [0.2, 0.25) is 13.1 Å². The summed E-state index contributed by atoms with van der Waals surface area (Å²) in [5.41, 5.74) is 3.26. The van der Waals surface area contributed by atoms with E-state index in [0.717, 1.165) is 12.3 Å². The van der Waals surface area contributed by atoms with Crippen molar-refractivity contribution in [2.75, 3.05) is 0 Å². The van der Waals surface area contributed by atoms with Crippen molar-refractivity contribution >= 4 is 8.80 Å². The van der Waals surface area contributed by atoms with Crippen molar-refractivity contribution in [1.82, 2.24) is 0 Å². The second kappa shape index (κ2) is 5.55. The molecule has 0 bridgehead atoms. The Balaban J connectivity index is 3.45. The average molecular weight is 153 g/mol. The third kappa shape index (κ3) is 5.91. The van der Waals surface area contributed by atoms with Crippen LogP contribution in [0.4, 0.5) is 0 Å². The van der Waals surface area contributed by atoms with Crippen LogP contribution in [-0.2, 0) is 0 Å². The summed E-state index contributed by atoms with van der Waals surface area (Å²) >= 11 is 0. The molecule has 0 heterocycles. The van der Waals surface area contributed by atoms with E-state index < -0.39 is 0 Å². The third-order valence-corrected chi connectivity index (χ3v) is 2.16. The van der Waals surface area contributed by atoms with Crippen LogP contribution in [0.25, 0.3) is 0 Å². The lowest BCUT2D eigenvalue weighted by Gasteiger charge is -1.99. The van der Waals surface area contributed by atoms with E-state index >= 15 is 0 Å². The molecule has 0 spiro atoms. The molecular formula is C9H17Si. The zero-order valence-corrected chi connectivity index (χ0v) is 8.49. The third-order valence-electron chi connectivity index (χ3n) is 1.49. The van der Waals surface area contributed by atoms with Gasteiger partial charge in [-0.3, -0.25) is 0 Å². The molecule has 0 aliphatic carbocycles. The second-order valence-corrected chi connectivity index (χ2v) is 5.27. The van der Waals surface area contributed by atoms with E-state index in [1.807, 2.05) is 0 Å². The van der Waals surface area contributed by atoms with Gasteiger partial charge in [-0.2, -0.15) is 0 Å². The lowest BCUT2D eigenvalue weighted by atomic mass is 10.1. The van der Waals surface area contributed by atoms with Gasteiger partial charge >= 0.3 is 0 Å². The molecule has 1 radical (unpaired) electrons. The normalized spacial score (nSPS) is 12.5. The van der Waals surface area contributed by atoms with Crippen molar-refractivity contribution in [3.63, 3.8) is 0 Å². The number of hydrogen-bond donors (Lipinski definition) is 0. The van der Waals surface area contributed by atoms with Crippen LogP contribution < -0.4 is 0 Å². The van der Waals surface area contributed by atoms with Crippen LogP contribution in [-0.4, -0.2) is 8.80 Å². The van der Waals surface area contributed by atoms with Gasteiger partial charge < -0.3 is 0 Å². The van der Waals surface area contributed by atoms with E-state index in [1.54, 1.807) is 0 Å². The van der Waals surface area contributed by atoms with E-state index in [0.29, 0.717) is 0 Å². The van der Waals surface area contributed by atoms with E-state index in [2.05, 4.69) is 38.4 Å². The van der Waals surface area contributed by atoms with Gasteiger partial charge in [0.15, 0.2) is 0 Å². The zero-order chi connectivity index (χ0) is 7.98. The van der Waals surface area contributed by atoms with Crippen molar-refractivity contribution in [2.24, 2.45) is 5.92 Å². The molecule has 0 saturated carbocycles. The molecule has 0 aromatic heterocycles. The molecule has 0 N–H and O–H groups in total. The summed E-state index contributed by atoms with van der Waals surface area (Å²) < 4.78 is 0. The molecule has 0 nitrogen and oxygen atoms in total. The zero-order valence-electron chi connectivity index (χ0n) is 7.49. The quantitative estimate of drug-likeness (QED) is 0.423. The summed E-state index contributed by atoms with van der Waals surface area (Å²) in [6, 6.07) is 0.